The van der Waals surface area contributed by atoms with E-state index in [1.807, 2.05) is 6.08 Å². The van der Waals surface area contributed by atoms with Crippen molar-refractivity contribution in [2.24, 2.45) is 17.8 Å². The van der Waals surface area contributed by atoms with Crippen molar-refractivity contribution in [3.63, 3.8) is 0 Å². The number of unbranched alkanes of at least 4 members (excludes halogenated alkanes) is 2. The molecule has 3 unspecified atom stereocenters. The predicted octanol–water partition coefficient (Wildman–Crippen LogP) is 8.68. The Hall–Kier alpha value is -0.770. The Labute approximate surface area is 173 Å². The van der Waals surface area contributed by atoms with E-state index in [0.29, 0.717) is 22.1 Å². The fraction of sp³-hybridized carbons (Fsp3) is 0.708. The monoisotopic (exact) mass is 416 g/mol. The highest BCUT2D eigenvalue weighted by molar-refractivity contribution is 8.12. The van der Waals surface area contributed by atoms with Gasteiger partial charge in [0.1, 0.15) is 5.67 Å². The number of hydrogen-bond acceptors (Lipinski definition) is 0. The van der Waals surface area contributed by atoms with Gasteiger partial charge in [0, 0.05) is 10.6 Å². The fourth-order valence-corrected chi connectivity index (χ4v) is 5.37. The minimum atomic E-state index is -1.63. The Balaban J connectivity index is 3.09. The van der Waals surface area contributed by atoms with Crippen LogP contribution in [0.2, 0.25) is 0 Å². The van der Waals surface area contributed by atoms with Crippen molar-refractivity contribution < 1.29 is 12.7 Å². The van der Waals surface area contributed by atoms with E-state index in [1.54, 1.807) is 6.08 Å². The van der Waals surface area contributed by atoms with E-state index in [2.05, 4.69) is 20.8 Å². The lowest BCUT2D eigenvalue weighted by Gasteiger charge is -2.25. The third kappa shape index (κ3) is 9.15. The highest BCUT2D eigenvalue weighted by atomic mass is 32.2. The summed E-state index contributed by atoms with van der Waals surface area (Å²) in [4.78, 5) is 0.427. The Morgan fingerprint density at radius 2 is 2.00 bits per heavy atom. The van der Waals surface area contributed by atoms with Gasteiger partial charge in [-0.1, -0.05) is 65.0 Å². The first kappa shape index (κ1) is 25.3. The normalized spacial score (nSPS) is 25.8. The maximum Gasteiger partial charge on any atom is 0.124 e. The summed E-state index contributed by atoms with van der Waals surface area (Å²) in [6.45, 7) is 10.7. The number of allylic oxidation sites excluding steroid dienone is 6. The summed E-state index contributed by atoms with van der Waals surface area (Å²) < 4.78 is 43.1. The van der Waals surface area contributed by atoms with Gasteiger partial charge in [-0.05, 0) is 73.5 Å². The Morgan fingerprint density at radius 3 is 2.54 bits per heavy atom. The molecule has 0 nitrogen and oxygen atoms in total. The molecular formula is C24H39F3S. The van der Waals surface area contributed by atoms with Crippen LogP contribution in [0.3, 0.4) is 0 Å². The first-order chi connectivity index (χ1) is 13.1. The van der Waals surface area contributed by atoms with Gasteiger partial charge in [0.15, 0.2) is 0 Å². The Morgan fingerprint density at radius 1 is 1.32 bits per heavy atom. The molecule has 28 heavy (non-hydrogen) atoms. The molecule has 1 rings (SSSR count). The van der Waals surface area contributed by atoms with Crippen LogP contribution in [0, 0.1) is 17.8 Å². The van der Waals surface area contributed by atoms with E-state index in [1.165, 1.54) is 58.6 Å². The van der Waals surface area contributed by atoms with Gasteiger partial charge < -0.3 is 0 Å². The summed E-state index contributed by atoms with van der Waals surface area (Å²) in [6.07, 6.45) is 13.5. The maximum absolute atomic E-state index is 15.3. The molecule has 0 N–H and O–H groups in total. The molecule has 4 heteroatoms. The van der Waals surface area contributed by atoms with E-state index in [4.69, 9.17) is 0 Å². The topological polar surface area (TPSA) is 0 Å². The number of halogens is 3. The maximum atomic E-state index is 15.3. The Bertz CT molecular complexity index is 604. The molecule has 0 saturated carbocycles. The zero-order valence-electron chi connectivity index (χ0n) is 18.5. The molecule has 1 aliphatic heterocycles. The third-order valence-electron chi connectivity index (χ3n) is 5.46. The van der Waals surface area contributed by atoms with Crippen LogP contribution < -0.4 is 0 Å². The number of rotatable bonds is 10. The molecule has 0 aromatic rings. The molecule has 0 fully saturated rings. The molecule has 4 atom stereocenters. The van der Waals surface area contributed by atoms with Crippen LogP contribution in [0.25, 0.3) is 0 Å². The van der Waals surface area contributed by atoms with Crippen molar-refractivity contribution in [2.75, 3.05) is 5.75 Å². The molecule has 1 heterocycles. The van der Waals surface area contributed by atoms with Crippen molar-refractivity contribution in [2.45, 2.75) is 85.7 Å². The lowest BCUT2D eigenvalue weighted by atomic mass is 9.83. The molecule has 0 bridgehead atoms. The van der Waals surface area contributed by atoms with Gasteiger partial charge in [-0.3, -0.25) is 0 Å². The molecule has 162 valence electrons. The fourth-order valence-electron chi connectivity index (χ4n) is 3.77. The Kier molecular flexibility index (Phi) is 10.9. The summed E-state index contributed by atoms with van der Waals surface area (Å²) in [5.74, 6) is 1.15. The van der Waals surface area contributed by atoms with Crippen LogP contribution in [0.15, 0.2) is 35.7 Å². The third-order valence-corrected chi connectivity index (χ3v) is 7.03. The molecular weight excluding hydrogens is 377 g/mol. The molecule has 0 saturated heterocycles. The van der Waals surface area contributed by atoms with Crippen molar-refractivity contribution >= 4 is 15.7 Å². The van der Waals surface area contributed by atoms with Crippen LogP contribution in [0.4, 0.5) is 12.7 Å². The molecule has 0 spiro atoms. The molecule has 1 aliphatic rings. The van der Waals surface area contributed by atoms with Gasteiger partial charge >= 0.3 is 0 Å². The van der Waals surface area contributed by atoms with Gasteiger partial charge in [-0.25, -0.2) is 8.78 Å². The number of alkyl halides is 1. The van der Waals surface area contributed by atoms with Crippen LogP contribution >= 0.6 is 10.9 Å². The van der Waals surface area contributed by atoms with Gasteiger partial charge in [0.05, 0.1) is 5.83 Å². The lowest BCUT2D eigenvalue weighted by molar-refractivity contribution is 0.286. The zero-order valence-corrected chi connectivity index (χ0v) is 19.3. The van der Waals surface area contributed by atoms with Crippen molar-refractivity contribution in [3.8, 4) is 0 Å². The largest absolute Gasteiger partial charge is 0.240 e. The second kappa shape index (κ2) is 12.0. The predicted molar refractivity (Wildman–Crippen MR) is 121 cm³/mol. The molecule has 0 aromatic heterocycles. The average Bonchev–Trinajstić information content (AvgIpc) is 2.70. The zero-order chi connectivity index (χ0) is 21.3. The van der Waals surface area contributed by atoms with Gasteiger partial charge in [0.25, 0.3) is 0 Å². The highest BCUT2D eigenvalue weighted by Gasteiger charge is 2.25. The quantitative estimate of drug-likeness (QED) is 0.145. The van der Waals surface area contributed by atoms with E-state index < -0.39 is 22.4 Å². The van der Waals surface area contributed by atoms with Crippen LogP contribution in [0.1, 0.15) is 80.1 Å². The first-order valence-corrected chi connectivity index (χ1v) is 12.0. The SMILES string of the molecule is CCCCCC(CC)CC1CS(F)=C(C(/C=C(\C)F)=C/C(C)(C)F)C=C[C@H]1C. The van der Waals surface area contributed by atoms with E-state index in [-0.39, 0.29) is 11.8 Å². The van der Waals surface area contributed by atoms with Crippen molar-refractivity contribution in [1.82, 2.24) is 0 Å². The second-order valence-corrected chi connectivity index (χ2v) is 10.2. The van der Waals surface area contributed by atoms with Gasteiger partial charge in [0.2, 0.25) is 0 Å². The lowest BCUT2D eigenvalue weighted by Crippen LogP contribution is -2.17. The summed E-state index contributed by atoms with van der Waals surface area (Å²) >= 11 is 0. The standard InChI is InChI=1S/C24H39F3S/c1-7-9-10-11-20(8-2)15-22-17-28(27)23(13-12-18(22)3)21(14-19(4)25)16-24(5,6)26/h12-14,16,18,20,22H,7-11,15,17H2,1-6H3/b19-14+,21-16+/t18-,20?,22?,28?/m1/s1. The van der Waals surface area contributed by atoms with Crippen molar-refractivity contribution in [1.29, 1.82) is 0 Å². The van der Waals surface area contributed by atoms with E-state index in [0.717, 1.165) is 12.8 Å². The highest BCUT2D eigenvalue weighted by Crippen LogP contribution is 2.37. The molecule has 0 aromatic carbocycles. The first-order valence-electron chi connectivity index (χ1n) is 10.8. The van der Waals surface area contributed by atoms with E-state index in [9.17, 15) is 8.78 Å². The minimum Gasteiger partial charge on any atom is -0.240 e. The van der Waals surface area contributed by atoms with Gasteiger partial charge in [-0.15, -0.1) is 0 Å². The number of hydrogen-bond donors (Lipinski definition) is 0. The summed E-state index contributed by atoms with van der Waals surface area (Å²) in [6, 6.07) is 0. The van der Waals surface area contributed by atoms with Crippen LogP contribution in [-0.4, -0.2) is 16.3 Å². The van der Waals surface area contributed by atoms with Crippen LogP contribution in [-0.2, 0) is 0 Å². The smallest absolute Gasteiger partial charge is 0.124 e. The average molecular weight is 417 g/mol. The van der Waals surface area contributed by atoms with E-state index >= 15 is 3.89 Å². The van der Waals surface area contributed by atoms with Gasteiger partial charge in [-0.2, -0.15) is 3.89 Å². The minimum absolute atomic E-state index is 0.263. The summed E-state index contributed by atoms with van der Waals surface area (Å²) in [5, 5.41) is 0. The summed E-state index contributed by atoms with van der Waals surface area (Å²) in [5.41, 5.74) is -1.30. The summed E-state index contributed by atoms with van der Waals surface area (Å²) in [7, 11) is -1.52. The van der Waals surface area contributed by atoms with Crippen LogP contribution in [0.5, 0.6) is 0 Å². The van der Waals surface area contributed by atoms with Crippen molar-refractivity contribution in [3.05, 3.63) is 35.7 Å². The molecule has 0 radical (unpaired) electrons. The second-order valence-electron chi connectivity index (χ2n) is 8.74. The molecule has 0 amide bonds. The molecule has 0 aliphatic carbocycles.